The molecule has 0 radical (unpaired) electrons. The van der Waals surface area contributed by atoms with Gasteiger partial charge in [0, 0.05) is 47.8 Å². The second kappa shape index (κ2) is 11.5. The molecule has 2 aromatic heterocycles. The third kappa shape index (κ3) is 5.44. The SMILES string of the molecule is CCC1=C(C)C2(C)Cc3[nH]c(c(C)c3CC)CC3(C)N=C(/C=c4\[nH]/c(c(C)c4CCC(=O)O)=C\C1=N2)C(CCC(=O)O)=C3C. The van der Waals surface area contributed by atoms with Gasteiger partial charge in [-0.1, -0.05) is 13.8 Å². The average molecular weight is 599 g/mol. The number of hydrogen-bond acceptors (Lipinski definition) is 4. The second-order valence-corrected chi connectivity index (χ2v) is 13.1. The normalized spacial score (nSPS) is 24.5. The van der Waals surface area contributed by atoms with Crippen molar-refractivity contribution in [2.75, 3.05) is 0 Å². The van der Waals surface area contributed by atoms with Crippen LogP contribution >= 0.6 is 0 Å². The molecular weight excluding hydrogens is 552 g/mol. The van der Waals surface area contributed by atoms with Gasteiger partial charge in [-0.05, 0) is 124 Å². The van der Waals surface area contributed by atoms with Crippen LogP contribution in [0.2, 0.25) is 0 Å². The minimum atomic E-state index is -0.848. The van der Waals surface area contributed by atoms with Crippen LogP contribution in [0.15, 0.2) is 32.3 Å². The third-order valence-electron chi connectivity index (χ3n) is 10.4. The number of aromatic amines is 2. The zero-order chi connectivity index (χ0) is 32.1. The van der Waals surface area contributed by atoms with E-state index in [-0.39, 0.29) is 12.8 Å². The van der Waals surface area contributed by atoms with E-state index in [0.29, 0.717) is 19.3 Å². The highest BCUT2D eigenvalue weighted by atomic mass is 16.4. The number of carboxylic acids is 2. The Kier molecular flexibility index (Phi) is 8.25. The van der Waals surface area contributed by atoms with E-state index in [9.17, 15) is 19.8 Å². The Labute approximate surface area is 259 Å². The van der Waals surface area contributed by atoms with E-state index in [4.69, 9.17) is 9.98 Å². The number of fused-ring (bicyclic) bond motifs is 6. The zero-order valence-corrected chi connectivity index (χ0v) is 27.4. The molecule has 0 spiro atoms. The number of carboxylic acid groups (broad SMARTS) is 2. The summed E-state index contributed by atoms with van der Waals surface area (Å²) in [6.45, 7) is 17.3. The van der Waals surface area contributed by atoms with Crippen LogP contribution in [-0.4, -0.2) is 54.6 Å². The summed E-state index contributed by atoms with van der Waals surface area (Å²) in [6.07, 6.45) is 8.12. The molecule has 44 heavy (non-hydrogen) atoms. The Morgan fingerprint density at radius 1 is 0.727 bits per heavy atom. The molecule has 2 aromatic rings. The van der Waals surface area contributed by atoms with Gasteiger partial charge in [-0.15, -0.1) is 0 Å². The van der Waals surface area contributed by atoms with Gasteiger partial charge in [-0.2, -0.15) is 0 Å². The fourth-order valence-electron chi connectivity index (χ4n) is 7.47. The van der Waals surface area contributed by atoms with Crippen molar-refractivity contribution in [2.24, 2.45) is 9.98 Å². The molecule has 234 valence electrons. The predicted octanol–water partition coefficient (Wildman–Crippen LogP) is 5.23. The van der Waals surface area contributed by atoms with Crippen LogP contribution < -0.4 is 10.7 Å². The quantitative estimate of drug-likeness (QED) is 0.331. The first kappa shape index (κ1) is 31.5. The number of carbonyl (C=O) groups is 2. The van der Waals surface area contributed by atoms with Crippen molar-refractivity contribution in [3.63, 3.8) is 0 Å². The summed E-state index contributed by atoms with van der Waals surface area (Å²) >= 11 is 0. The number of nitrogens with one attached hydrogen (secondary N) is 2. The van der Waals surface area contributed by atoms with Crippen molar-refractivity contribution in [2.45, 2.75) is 118 Å². The first-order valence-corrected chi connectivity index (χ1v) is 15.9. The molecule has 8 heteroatoms. The van der Waals surface area contributed by atoms with Crippen molar-refractivity contribution in [1.29, 1.82) is 0 Å². The summed E-state index contributed by atoms with van der Waals surface area (Å²) in [5.41, 5.74) is 12.2. The fraction of sp³-hybridized carbons (Fsp3) is 0.500. The zero-order valence-electron chi connectivity index (χ0n) is 27.4. The molecule has 3 aliphatic rings. The number of allylic oxidation sites excluding steroid dienone is 2. The maximum Gasteiger partial charge on any atom is 0.303 e. The van der Waals surface area contributed by atoms with E-state index in [0.717, 1.165) is 69.4 Å². The van der Waals surface area contributed by atoms with Crippen LogP contribution in [0.25, 0.3) is 12.2 Å². The maximum atomic E-state index is 11.7. The smallest absolute Gasteiger partial charge is 0.303 e. The van der Waals surface area contributed by atoms with Gasteiger partial charge in [-0.25, -0.2) is 0 Å². The van der Waals surface area contributed by atoms with E-state index in [1.54, 1.807) is 0 Å². The van der Waals surface area contributed by atoms with Gasteiger partial charge in [0.2, 0.25) is 0 Å². The minimum absolute atomic E-state index is 0.0100. The molecule has 5 heterocycles. The molecule has 3 aliphatic heterocycles. The van der Waals surface area contributed by atoms with Crippen LogP contribution in [0, 0.1) is 13.8 Å². The first-order chi connectivity index (χ1) is 20.7. The molecule has 0 saturated heterocycles. The topological polar surface area (TPSA) is 131 Å². The third-order valence-corrected chi connectivity index (χ3v) is 10.4. The molecular formula is C36H46N4O4. The van der Waals surface area contributed by atoms with Crippen LogP contribution in [0.3, 0.4) is 0 Å². The first-order valence-electron chi connectivity index (χ1n) is 15.9. The summed E-state index contributed by atoms with van der Waals surface area (Å²) in [4.78, 5) is 41.4. The highest BCUT2D eigenvalue weighted by Crippen LogP contribution is 2.40. The summed E-state index contributed by atoms with van der Waals surface area (Å²) in [6, 6.07) is 0. The highest BCUT2D eigenvalue weighted by Gasteiger charge is 2.39. The number of aromatic nitrogens is 2. The van der Waals surface area contributed by atoms with Crippen LogP contribution in [0.4, 0.5) is 0 Å². The molecule has 5 rings (SSSR count). The molecule has 0 amide bonds. The molecule has 4 N–H and O–H groups in total. The largest absolute Gasteiger partial charge is 0.481 e. The summed E-state index contributed by atoms with van der Waals surface area (Å²) < 4.78 is 0. The predicted molar refractivity (Wildman–Crippen MR) is 176 cm³/mol. The summed E-state index contributed by atoms with van der Waals surface area (Å²) in [7, 11) is 0. The van der Waals surface area contributed by atoms with E-state index < -0.39 is 23.0 Å². The number of nitrogens with zero attached hydrogens (tertiary/aromatic N) is 2. The summed E-state index contributed by atoms with van der Waals surface area (Å²) in [5, 5.41) is 20.8. The molecule has 2 atom stereocenters. The Morgan fingerprint density at radius 2 is 1.27 bits per heavy atom. The second-order valence-electron chi connectivity index (χ2n) is 13.1. The number of aliphatic carboxylic acids is 2. The standard InChI is InChI=1S/C36H46N4O4/c1-9-23-19(3)31-17-35(7)22(6)26(12-14-34(43)44)30(40-35)16-28-25(11-13-33(41)42)20(4)27(37-28)15-29-24(10-2)21(5)36(8,39-29)18-32(23)38-31/h15-16,37-38H,9-14,17-18H2,1-8H3,(H,41,42)(H,43,44)/b27-15-,28-16-. The molecule has 0 aromatic carbocycles. The van der Waals surface area contributed by atoms with Gasteiger partial charge in [-0.3, -0.25) is 19.6 Å². The number of H-pyrrole nitrogens is 2. The average Bonchev–Trinajstić information content (AvgIpc) is 3.55. The number of rotatable bonds is 8. The maximum absolute atomic E-state index is 11.7. The van der Waals surface area contributed by atoms with Gasteiger partial charge in [0.1, 0.15) is 0 Å². The lowest BCUT2D eigenvalue weighted by molar-refractivity contribution is -0.137. The van der Waals surface area contributed by atoms with Crippen molar-refractivity contribution in [3.8, 4) is 0 Å². The van der Waals surface area contributed by atoms with Crippen molar-refractivity contribution in [3.05, 3.63) is 66.6 Å². The van der Waals surface area contributed by atoms with E-state index in [2.05, 4.69) is 64.5 Å². The van der Waals surface area contributed by atoms with Crippen LogP contribution in [-0.2, 0) is 35.3 Å². The van der Waals surface area contributed by atoms with Gasteiger partial charge in [0.15, 0.2) is 0 Å². The molecule has 8 bridgehead atoms. The van der Waals surface area contributed by atoms with Crippen molar-refractivity contribution < 1.29 is 19.8 Å². The molecule has 0 aliphatic carbocycles. The minimum Gasteiger partial charge on any atom is -0.481 e. The van der Waals surface area contributed by atoms with Gasteiger partial charge < -0.3 is 20.2 Å². The number of hydrogen-bond donors (Lipinski definition) is 4. The fourth-order valence-corrected chi connectivity index (χ4v) is 7.47. The van der Waals surface area contributed by atoms with Gasteiger partial charge >= 0.3 is 11.9 Å². The van der Waals surface area contributed by atoms with Gasteiger partial charge in [0.25, 0.3) is 0 Å². The van der Waals surface area contributed by atoms with E-state index >= 15 is 0 Å². The van der Waals surface area contributed by atoms with Crippen LogP contribution in [0.1, 0.15) is 101 Å². The monoisotopic (exact) mass is 598 g/mol. The molecule has 2 unspecified atom stereocenters. The Hall–Kier alpha value is -3.94. The van der Waals surface area contributed by atoms with Crippen molar-refractivity contribution in [1.82, 2.24) is 9.97 Å². The van der Waals surface area contributed by atoms with E-state index in [1.165, 1.54) is 28.0 Å². The van der Waals surface area contributed by atoms with Gasteiger partial charge in [0.05, 0.1) is 22.5 Å². The Morgan fingerprint density at radius 3 is 1.86 bits per heavy atom. The lowest BCUT2D eigenvalue weighted by Crippen LogP contribution is -2.26. The molecule has 8 nitrogen and oxygen atoms in total. The molecule has 0 saturated carbocycles. The number of aliphatic imine (C=N–C) groups is 2. The summed E-state index contributed by atoms with van der Waals surface area (Å²) in [5.74, 6) is -1.69. The Balaban J connectivity index is 1.82. The van der Waals surface area contributed by atoms with Crippen molar-refractivity contribution >= 4 is 35.5 Å². The van der Waals surface area contributed by atoms with E-state index in [1.807, 2.05) is 13.0 Å². The lowest BCUT2D eigenvalue weighted by Gasteiger charge is -2.24. The Bertz CT molecular complexity index is 1810. The molecule has 0 fully saturated rings. The lowest BCUT2D eigenvalue weighted by atomic mass is 9.85. The van der Waals surface area contributed by atoms with Crippen LogP contribution in [0.5, 0.6) is 0 Å². The highest BCUT2D eigenvalue weighted by molar-refractivity contribution is 6.23.